The monoisotopic (exact) mass is 283 g/mol. The third-order valence-electron chi connectivity index (χ3n) is 3.50. The van der Waals surface area contributed by atoms with Crippen molar-refractivity contribution in [2.45, 2.75) is 32.9 Å². The van der Waals surface area contributed by atoms with Gasteiger partial charge in [0.05, 0.1) is 0 Å². The van der Waals surface area contributed by atoms with Crippen molar-refractivity contribution in [3.8, 4) is 5.75 Å². The van der Waals surface area contributed by atoms with Crippen LogP contribution in [0.2, 0.25) is 0 Å². The highest BCUT2D eigenvalue weighted by molar-refractivity contribution is 6.05. The lowest BCUT2D eigenvalue weighted by Gasteiger charge is -2.17. The molecule has 0 spiro atoms. The van der Waals surface area contributed by atoms with Crippen molar-refractivity contribution in [2.75, 3.05) is 6.54 Å². The van der Waals surface area contributed by atoms with E-state index in [1.807, 2.05) is 30.3 Å². The number of benzene rings is 2. The average molecular weight is 283 g/mol. The summed E-state index contributed by atoms with van der Waals surface area (Å²) in [6, 6.07) is 14.6. The summed E-state index contributed by atoms with van der Waals surface area (Å²) >= 11 is 0. The Morgan fingerprint density at radius 2 is 1.76 bits per heavy atom. The minimum Gasteiger partial charge on any atom is -0.489 e. The third kappa shape index (κ3) is 3.03. The molecule has 0 aliphatic heterocycles. The fourth-order valence-electron chi connectivity index (χ4n) is 2.45. The molecule has 3 heteroatoms. The van der Waals surface area contributed by atoms with E-state index in [1.165, 1.54) is 0 Å². The summed E-state index contributed by atoms with van der Waals surface area (Å²) in [5.74, 6) is 0.882. The van der Waals surface area contributed by atoms with Gasteiger partial charge in [-0.25, -0.2) is 0 Å². The molecule has 1 atom stereocenters. The van der Waals surface area contributed by atoms with Gasteiger partial charge >= 0.3 is 0 Å². The van der Waals surface area contributed by atoms with Crippen molar-refractivity contribution in [1.82, 2.24) is 5.32 Å². The summed E-state index contributed by atoms with van der Waals surface area (Å²) in [5.41, 5.74) is 1.82. The molecule has 1 unspecified atom stereocenters. The van der Waals surface area contributed by atoms with Gasteiger partial charge < -0.3 is 14.5 Å². The van der Waals surface area contributed by atoms with Gasteiger partial charge in [0.2, 0.25) is 0 Å². The Hall–Kier alpha value is -2.00. The van der Waals surface area contributed by atoms with Crippen LogP contribution in [0.3, 0.4) is 0 Å². The molecule has 110 valence electrons. The zero-order valence-corrected chi connectivity index (χ0v) is 12.7. The number of hydrogen-bond donors (Lipinski definition) is 1. The van der Waals surface area contributed by atoms with Crippen LogP contribution in [0.5, 0.6) is 5.75 Å². The van der Waals surface area contributed by atoms with Gasteiger partial charge in [0.1, 0.15) is 23.0 Å². The Morgan fingerprint density at radius 1 is 1.00 bits per heavy atom. The van der Waals surface area contributed by atoms with E-state index in [1.54, 1.807) is 0 Å². The average Bonchev–Trinajstić information content (AvgIpc) is 2.83. The van der Waals surface area contributed by atoms with Crippen LogP contribution in [-0.4, -0.2) is 18.7 Å². The van der Waals surface area contributed by atoms with E-state index in [0.29, 0.717) is 6.04 Å². The van der Waals surface area contributed by atoms with E-state index in [2.05, 4.69) is 38.2 Å². The third-order valence-corrected chi connectivity index (χ3v) is 3.50. The highest BCUT2D eigenvalue weighted by Crippen LogP contribution is 2.31. The highest BCUT2D eigenvalue weighted by atomic mass is 16.5. The Morgan fingerprint density at radius 3 is 2.57 bits per heavy atom. The molecule has 0 fully saturated rings. The van der Waals surface area contributed by atoms with Gasteiger partial charge in [-0.1, -0.05) is 32.0 Å². The molecular formula is C18H21NO2. The molecule has 1 aromatic heterocycles. The van der Waals surface area contributed by atoms with Crippen molar-refractivity contribution in [3.63, 3.8) is 0 Å². The van der Waals surface area contributed by atoms with Gasteiger partial charge in [-0.05, 0) is 31.2 Å². The van der Waals surface area contributed by atoms with Crippen LogP contribution in [0.4, 0.5) is 0 Å². The Balaban J connectivity index is 1.85. The lowest BCUT2D eigenvalue weighted by atomic mass is 10.1. The maximum absolute atomic E-state index is 5.99. The summed E-state index contributed by atoms with van der Waals surface area (Å²) in [5, 5.41) is 5.62. The fraction of sp³-hybridized carbons (Fsp3) is 0.333. The Kier molecular flexibility index (Phi) is 3.84. The second-order valence-corrected chi connectivity index (χ2v) is 5.75. The number of hydrogen-bond acceptors (Lipinski definition) is 3. The second kappa shape index (κ2) is 5.78. The molecule has 0 radical (unpaired) electrons. The first kappa shape index (κ1) is 14.0. The number of fused-ring (bicyclic) bond motifs is 3. The van der Waals surface area contributed by atoms with Gasteiger partial charge in [0.25, 0.3) is 0 Å². The fourth-order valence-corrected chi connectivity index (χ4v) is 2.45. The van der Waals surface area contributed by atoms with Crippen molar-refractivity contribution in [2.24, 2.45) is 0 Å². The minimum atomic E-state index is 0.128. The molecule has 0 aliphatic rings. The standard InChI is InChI=1S/C18H21NO2/c1-12(2)19-11-13(3)20-14-8-9-18-16(10-14)15-6-4-5-7-17(15)21-18/h4-10,12-13,19H,11H2,1-3H3. The highest BCUT2D eigenvalue weighted by Gasteiger charge is 2.09. The van der Waals surface area contributed by atoms with Crippen molar-refractivity contribution >= 4 is 21.9 Å². The molecule has 0 saturated carbocycles. The first-order valence-electron chi connectivity index (χ1n) is 7.45. The van der Waals surface area contributed by atoms with Crippen molar-refractivity contribution < 1.29 is 9.15 Å². The molecule has 3 rings (SSSR count). The van der Waals surface area contributed by atoms with Gasteiger partial charge in [0, 0.05) is 23.4 Å². The quantitative estimate of drug-likeness (QED) is 0.756. The molecule has 21 heavy (non-hydrogen) atoms. The molecule has 2 aromatic carbocycles. The molecule has 3 nitrogen and oxygen atoms in total. The number of ether oxygens (including phenoxy) is 1. The largest absolute Gasteiger partial charge is 0.489 e. The summed E-state index contributed by atoms with van der Waals surface area (Å²) in [6.07, 6.45) is 0.128. The number of furan rings is 1. The van der Waals surface area contributed by atoms with Crippen LogP contribution >= 0.6 is 0 Å². The molecule has 0 aliphatic carbocycles. The zero-order chi connectivity index (χ0) is 14.8. The minimum absolute atomic E-state index is 0.128. The summed E-state index contributed by atoms with van der Waals surface area (Å²) < 4.78 is 11.8. The predicted octanol–water partition coefficient (Wildman–Crippen LogP) is 4.35. The molecule has 3 aromatic rings. The van der Waals surface area contributed by atoms with Gasteiger partial charge in [-0.15, -0.1) is 0 Å². The molecule has 1 heterocycles. The lowest BCUT2D eigenvalue weighted by molar-refractivity contribution is 0.214. The Labute approximate surface area is 124 Å². The smallest absolute Gasteiger partial charge is 0.135 e. The van der Waals surface area contributed by atoms with Crippen molar-refractivity contribution in [1.29, 1.82) is 0 Å². The first-order valence-corrected chi connectivity index (χ1v) is 7.45. The molecule has 0 saturated heterocycles. The number of para-hydroxylation sites is 1. The molecule has 1 N–H and O–H groups in total. The lowest BCUT2D eigenvalue weighted by Crippen LogP contribution is -2.33. The Bertz CT molecular complexity index is 745. The van der Waals surface area contributed by atoms with Gasteiger partial charge in [0.15, 0.2) is 0 Å². The topological polar surface area (TPSA) is 34.4 Å². The van der Waals surface area contributed by atoms with Gasteiger partial charge in [-0.2, -0.15) is 0 Å². The van der Waals surface area contributed by atoms with Crippen LogP contribution in [0.15, 0.2) is 46.9 Å². The summed E-state index contributed by atoms with van der Waals surface area (Å²) in [7, 11) is 0. The van der Waals surface area contributed by atoms with E-state index in [-0.39, 0.29) is 6.10 Å². The predicted molar refractivity (Wildman–Crippen MR) is 86.9 cm³/mol. The van der Waals surface area contributed by atoms with Crippen molar-refractivity contribution in [3.05, 3.63) is 42.5 Å². The van der Waals surface area contributed by atoms with Gasteiger partial charge in [-0.3, -0.25) is 0 Å². The van der Waals surface area contributed by atoms with Crippen LogP contribution in [0.1, 0.15) is 20.8 Å². The summed E-state index contributed by atoms with van der Waals surface area (Å²) in [4.78, 5) is 0. The molecule has 0 bridgehead atoms. The van der Waals surface area contributed by atoms with Crippen LogP contribution in [0, 0.1) is 0 Å². The SMILES string of the molecule is CC(C)NCC(C)Oc1ccc2oc3ccccc3c2c1. The molecular weight excluding hydrogens is 262 g/mol. The number of nitrogens with one attached hydrogen (secondary N) is 1. The maximum atomic E-state index is 5.99. The summed E-state index contributed by atoms with van der Waals surface area (Å²) in [6.45, 7) is 7.18. The van der Waals surface area contributed by atoms with Crippen LogP contribution < -0.4 is 10.1 Å². The van der Waals surface area contributed by atoms with E-state index < -0.39 is 0 Å². The normalized spacial score (nSPS) is 13.1. The molecule has 0 amide bonds. The van der Waals surface area contributed by atoms with E-state index in [0.717, 1.165) is 34.2 Å². The van der Waals surface area contributed by atoms with E-state index >= 15 is 0 Å². The maximum Gasteiger partial charge on any atom is 0.135 e. The van der Waals surface area contributed by atoms with E-state index in [4.69, 9.17) is 9.15 Å². The van der Waals surface area contributed by atoms with Crippen LogP contribution in [-0.2, 0) is 0 Å². The zero-order valence-electron chi connectivity index (χ0n) is 12.7. The van der Waals surface area contributed by atoms with Crippen LogP contribution in [0.25, 0.3) is 21.9 Å². The van der Waals surface area contributed by atoms with E-state index in [9.17, 15) is 0 Å². The second-order valence-electron chi connectivity index (χ2n) is 5.75. The first-order chi connectivity index (χ1) is 10.1. The number of rotatable bonds is 5.